The van der Waals surface area contributed by atoms with E-state index in [2.05, 4.69) is 16.0 Å². The molecule has 13 nitrogen and oxygen atoms in total. The average molecular weight is 735 g/mol. The average Bonchev–Trinajstić information content (AvgIpc) is 3.12. The second-order valence-electron chi connectivity index (χ2n) is 15.7. The molecule has 2 saturated heterocycles. The number of allylic oxidation sites excluding steroid dienone is 4. The Kier molecular flexibility index (Phi) is 15.6. The lowest BCUT2D eigenvalue weighted by atomic mass is 9.71. The van der Waals surface area contributed by atoms with Crippen molar-refractivity contribution in [1.29, 1.82) is 0 Å². The topological polar surface area (TPSA) is 206 Å². The summed E-state index contributed by atoms with van der Waals surface area (Å²) >= 11 is 0. The number of likely N-dealkylation sites (tertiary alicyclic amines) is 2. The van der Waals surface area contributed by atoms with Crippen molar-refractivity contribution in [3.8, 4) is 0 Å². The molecule has 0 aromatic heterocycles. The molecule has 9 N–H and O–H groups in total. The Bertz CT molecular complexity index is 1450. The fourth-order valence-corrected chi connectivity index (χ4v) is 7.52. The number of carbonyl (C=O) groups is 5. The van der Waals surface area contributed by atoms with E-state index in [1.807, 2.05) is 68.5 Å². The highest BCUT2D eigenvalue weighted by atomic mass is 16.2. The maximum atomic E-state index is 14.0. The molecular weight excluding hydrogens is 672 g/mol. The smallest absolute Gasteiger partial charge is 0.245 e. The van der Waals surface area contributed by atoms with Gasteiger partial charge in [-0.3, -0.25) is 24.0 Å². The van der Waals surface area contributed by atoms with Gasteiger partial charge in [-0.15, -0.1) is 0 Å². The van der Waals surface area contributed by atoms with E-state index in [0.717, 1.165) is 24.8 Å². The van der Waals surface area contributed by atoms with Crippen LogP contribution in [-0.2, 0) is 30.4 Å². The van der Waals surface area contributed by atoms with Crippen LogP contribution in [0.5, 0.6) is 0 Å². The molecule has 2 heterocycles. The molecular formula is C40H62N8O5. The second kappa shape index (κ2) is 19.8. The molecule has 0 radical (unpaired) electrons. The summed E-state index contributed by atoms with van der Waals surface area (Å²) in [6.07, 6.45) is 13.1. The third kappa shape index (κ3) is 12.2. The summed E-state index contributed by atoms with van der Waals surface area (Å²) in [5.74, 6) is -1.42. The molecule has 0 saturated carbocycles. The lowest BCUT2D eigenvalue weighted by Crippen LogP contribution is -2.65. The van der Waals surface area contributed by atoms with Gasteiger partial charge < -0.3 is 43.0 Å². The third-order valence-electron chi connectivity index (χ3n) is 10.7. The van der Waals surface area contributed by atoms with Crippen LogP contribution in [0.15, 0.2) is 54.6 Å². The van der Waals surface area contributed by atoms with Crippen LogP contribution in [0.2, 0.25) is 0 Å². The fourth-order valence-electron chi connectivity index (χ4n) is 7.52. The van der Waals surface area contributed by atoms with Crippen LogP contribution in [0.3, 0.4) is 0 Å². The van der Waals surface area contributed by atoms with Crippen LogP contribution >= 0.6 is 0 Å². The first-order valence-corrected chi connectivity index (χ1v) is 19.4. The third-order valence-corrected chi connectivity index (χ3v) is 10.7. The number of rotatable bonds is 18. The van der Waals surface area contributed by atoms with Gasteiger partial charge in [0, 0.05) is 38.0 Å². The summed E-state index contributed by atoms with van der Waals surface area (Å²) in [4.78, 5) is 71.2. The van der Waals surface area contributed by atoms with Crippen molar-refractivity contribution < 1.29 is 24.0 Å². The highest BCUT2D eigenvalue weighted by Crippen LogP contribution is 2.40. The van der Waals surface area contributed by atoms with Gasteiger partial charge in [0.25, 0.3) is 0 Å². The molecule has 2 fully saturated rings. The number of nitrogens with two attached hydrogens (primary N) is 3. The van der Waals surface area contributed by atoms with Crippen LogP contribution in [0.4, 0.5) is 0 Å². The van der Waals surface area contributed by atoms with E-state index in [9.17, 15) is 24.0 Å². The van der Waals surface area contributed by atoms with Gasteiger partial charge in [-0.1, -0.05) is 68.5 Å². The zero-order valence-corrected chi connectivity index (χ0v) is 31.8. The molecule has 0 bridgehead atoms. The van der Waals surface area contributed by atoms with Crippen LogP contribution in [-0.4, -0.2) is 102 Å². The van der Waals surface area contributed by atoms with Gasteiger partial charge >= 0.3 is 0 Å². The Morgan fingerprint density at radius 2 is 1.45 bits per heavy atom. The molecule has 5 amide bonds. The molecule has 1 aliphatic carbocycles. The monoisotopic (exact) mass is 734 g/mol. The quantitative estimate of drug-likeness (QED) is 0.122. The summed E-state index contributed by atoms with van der Waals surface area (Å²) in [5, 5.41) is 8.78. The predicted molar refractivity (Wildman–Crippen MR) is 206 cm³/mol. The zero-order chi connectivity index (χ0) is 38.5. The van der Waals surface area contributed by atoms with Gasteiger partial charge in [0.2, 0.25) is 29.5 Å². The Labute approximate surface area is 314 Å². The first-order chi connectivity index (χ1) is 25.3. The normalized spacial score (nSPS) is 20.5. The SMILES string of the molecule is CC(C)C[C@@H](NC(=O)[C@@H](Cc1ccccc1)NC(=O)[C@H](N)CC1C=CC=CC1)C(=O)N[C@H](CCCCN)C(=O)N1CCC2(CC1)CN(C(=O)[C@@H](C)N)C2. The summed E-state index contributed by atoms with van der Waals surface area (Å²) in [5.41, 5.74) is 18.7. The molecule has 13 heteroatoms. The minimum atomic E-state index is -0.978. The van der Waals surface area contributed by atoms with E-state index in [-0.39, 0.29) is 35.5 Å². The minimum Gasteiger partial charge on any atom is -0.343 e. The van der Waals surface area contributed by atoms with Crippen molar-refractivity contribution in [2.75, 3.05) is 32.7 Å². The summed E-state index contributed by atoms with van der Waals surface area (Å²) in [6.45, 7) is 8.44. The highest BCUT2D eigenvalue weighted by molar-refractivity contribution is 5.95. The van der Waals surface area contributed by atoms with Crippen LogP contribution in [0, 0.1) is 17.3 Å². The second-order valence-corrected chi connectivity index (χ2v) is 15.7. The number of unbranched alkanes of at least 4 members (excludes halogenated alkanes) is 1. The number of benzene rings is 1. The summed E-state index contributed by atoms with van der Waals surface area (Å²) in [6, 6.07) is 5.31. The predicted octanol–water partition coefficient (Wildman–Crippen LogP) is 1.51. The number of amides is 5. The molecule has 1 unspecified atom stereocenters. The summed E-state index contributed by atoms with van der Waals surface area (Å²) < 4.78 is 0. The molecule has 4 rings (SSSR count). The van der Waals surface area contributed by atoms with Gasteiger partial charge in [0.15, 0.2) is 0 Å². The van der Waals surface area contributed by atoms with E-state index >= 15 is 0 Å². The minimum absolute atomic E-state index is 0.00778. The molecule has 3 aliphatic rings. The molecule has 6 atom stereocenters. The Balaban J connectivity index is 1.43. The van der Waals surface area contributed by atoms with Crippen LogP contribution in [0.1, 0.15) is 77.7 Å². The Morgan fingerprint density at radius 3 is 2.06 bits per heavy atom. The molecule has 1 spiro atoms. The van der Waals surface area contributed by atoms with Crippen molar-refractivity contribution in [3.63, 3.8) is 0 Å². The van der Waals surface area contributed by atoms with E-state index in [1.165, 1.54) is 0 Å². The van der Waals surface area contributed by atoms with Crippen molar-refractivity contribution in [2.45, 2.75) is 109 Å². The Hall–Kier alpha value is -4.07. The van der Waals surface area contributed by atoms with Gasteiger partial charge in [0.05, 0.1) is 12.1 Å². The van der Waals surface area contributed by atoms with Crippen LogP contribution < -0.4 is 33.2 Å². The number of nitrogens with zero attached hydrogens (tertiary/aromatic N) is 2. The standard InChI is InChI=1S/C40H62N8O5/c1-27(2)22-33(46-37(51)34(24-30-14-8-5-9-15-30)45-35(49)31(43)23-29-12-6-4-7-13-29)36(50)44-32(16-10-11-19-41)39(53)47-20-17-40(18-21-47)25-48(26-40)38(52)28(3)42/h4-9,12,14-15,27-29,31-34H,10-11,13,16-26,41-43H2,1-3H3,(H,44,50)(H,45,49)(H,46,51)/t28-,29?,31-,32-,33-,34-/m1/s1. The van der Waals surface area contributed by atoms with Gasteiger partial charge in [-0.2, -0.15) is 0 Å². The number of nitrogens with one attached hydrogen (secondary N) is 3. The molecule has 1 aromatic carbocycles. The van der Waals surface area contributed by atoms with E-state index in [1.54, 1.807) is 16.7 Å². The van der Waals surface area contributed by atoms with Crippen molar-refractivity contribution >= 4 is 29.5 Å². The molecule has 53 heavy (non-hydrogen) atoms. The fraction of sp³-hybridized carbons (Fsp3) is 0.625. The van der Waals surface area contributed by atoms with Crippen molar-refractivity contribution in [3.05, 3.63) is 60.2 Å². The first-order valence-electron chi connectivity index (χ1n) is 19.4. The van der Waals surface area contributed by atoms with Crippen LogP contribution in [0.25, 0.3) is 0 Å². The van der Waals surface area contributed by atoms with E-state index in [0.29, 0.717) is 64.8 Å². The number of piperidine rings is 1. The van der Waals surface area contributed by atoms with Crippen molar-refractivity contribution in [1.82, 2.24) is 25.8 Å². The summed E-state index contributed by atoms with van der Waals surface area (Å²) in [7, 11) is 0. The molecule has 1 aromatic rings. The van der Waals surface area contributed by atoms with Crippen molar-refractivity contribution in [2.24, 2.45) is 34.5 Å². The number of carbonyl (C=O) groups excluding carboxylic acids is 5. The first kappa shape index (κ1) is 41.7. The maximum absolute atomic E-state index is 14.0. The largest absolute Gasteiger partial charge is 0.343 e. The highest BCUT2D eigenvalue weighted by Gasteiger charge is 2.48. The van der Waals surface area contributed by atoms with Gasteiger partial charge in [-0.05, 0) is 82.2 Å². The Morgan fingerprint density at radius 1 is 0.811 bits per heavy atom. The van der Waals surface area contributed by atoms with Gasteiger partial charge in [-0.25, -0.2) is 0 Å². The zero-order valence-electron chi connectivity index (χ0n) is 31.8. The maximum Gasteiger partial charge on any atom is 0.245 e. The molecule has 2 aliphatic heterocycles. The molecule has 292 valence electrons. The van der Waals surface area contributed by atoms with E-state index in [4.69, 9.17) is 17.2 Å². The lowest BCUT2D eigenvalue weighted by Gasteiger charge is -2.54. The lowest BCUT2D eigenvalue weighted by molar-refractivity contribution is -0.152. The number of hydrogen-bond acceptors (Lipinski definition) is 8. The van der Waals surface area contributed by atoms with Gasteiger partial charge in [0.1, 0.15) is 18.1 Å². The van der Waals surface area contributed by atoms with E-state index < -0.39 is 47.9 Å². The number of hydrogen-bond donors (Lipinski definition) is 6.